The summed E-state index contributed by atoms with van der Waals surface area (Å²) in [6.07, 6.45) is -1.69. The molecule has 0 spiro atoms. The summed E-state index contributed by atoms with van der Waals surface area (Å²) in [7, 11) is 0. The van der Waals surface area contributed by atoms with Crippen LogP contribution in [0.1, 0.15) is 18.4 Å². The summed E-state index contributed by atoms with van der Waals surface area (Å²) in [6.45, 7) is 3.68. The lowest BCUT2D eigenvalue weighted by Gasteiger charge is -2.27. The molecule has 2 heterocycles. The van der Waals surface area contributed by atoms with Crippen molar-refractivity contribution in [2.75, 3.05) is 61.2 Å². The van der Waals surface area contributed by atoms with Crippen molar-refractivity contribution in [3.63, 3.8) is 0 Å². The van der Waals surface area contributed by atoms with E-state index in [2.05, 4.69) is 25.5 Å². The number of amides is 1. The molecule has 1 aromatic carbocycles. The average molecular weight is 500 g/mol. The number of nitrogens with one attached hydrogen (secondary N) is 2. The molecule has 1 aromatic heterocycles. The van der Waals surface area contributed by atoms with Gasteiger partial charge in [0, 0.05) is 18.8 Å². The highest BCUT2D eigenvalue weighted by atomic mass is 32.2. The lowest BCUT2D eigenvalue weighted by atomic mass is 10.1. The maximum Gasteiger partial charge on any atom is 0.416 e. The van der Waals surface area contributed by atoms with Crippen molar-refractivity contribution in [2.24, 2.45) is 0 Å². The fraction of sp³-hybridized carbons (Fsp3) is 0.476. The van der Waals surface area contributed by atoms with E-state index in [1.807, 2.05) is 0 Å². The predicted molar refractivity (Wildman–Crippen MR) is 127 cm³/mol. The minimum absolute atomic E-state index is 0.00796. The van der Waals surface area contributed by atoms with Gasteiger partial charge in [-0.1, -0.05) is 6.07 Å². The van der Waals surface area contributed by atoms with E-state index in [1.165, 1.54) is 23.9 Å². The van der Waals surface area contributed by atoms with Crippen molar-refractivity contribution in [1.29, 1.82) is 0 Å². The summed E-state index contributed by atoms with van der Waals surface area (Å²) in [6, 6.07) is 3.67. The van der Waals surface area contributed by atoms with Gasteiger partial charge in [-0.2, -0.15) is 18.2 Å². The second-order valence-corrected chi connectivity index (χ2v) is 8.51. The van der Waals surface area contributed by atoms with Crippen LogP contribution in [0.4, 0.5) is 36.3 Å². The summed E-state index contributed by atoms with van der Waals surface area (Å²) in [5.41, 5.74) is 11.3. The normalized spacial score (nSPS) is 15.6. The second-order valence-electron chi connectivity index (χ2n) is 7.71. The number of alkyl halides is 3. The number of nitrogens with zero attached hydrogens (tertiary/aromatic N) is 3. The molecule has 9 nitrogen and oxygen atoms in total. The Morgan fingerprint density at radius 1 is 1.26 bits per heavy atom. The molecule has 1 saturated heterocycles. The van der Waals surface area contributed by atoms with E-state index in [4.69, 9.17) is 16.2 Å². The number of anilines is 4. The van der Waals surface area contributed by atoms with Crippen molar-refractivity contribution in [2.45, 2.75) is 30.1 Å². The number of morpholine rings is 1. The quantitative estimate of drug-likeness (QED) is 0.304. The van der Waals surface area contributed by atoms with E-state index >= 15 is 0 Å². The Balaban J connectivity index is 1.76. The number of nitrogens with two attached hydrogens (primary N) is 2. The van der Waals surface area contributed by atoms with Crippen LogP contribution in [0.15, 0.2) is 29.3 Å². The molecule has 34 heavy (non-hydrogen) atoms. The third-order valence-corrected chi connectivity index (χ3v) is 5.97. The highest BCUT2D eigenvalue weighted by molar-refractivity contribution is 7.98. The first-order valence-electron chi connectivity index (χ1n) is 10.7. The van der Waals surface area contributed by atoms with E-state index in [9.17, 15) is 18.0 Å². The molecular formula is C21H28F3N7O2S. The lowest BCUT2D eigenvalue weighted by molar-refractivity contribution is -0.137. The smallest absolute Gasteiger partial charge is 0.394 e. The second kappa shape index (κ2) is 11.6. The van der Waals surface area contributed by atoms with Gasteiger partial charge in [-0.05, 0) is 43.8 Å². The summed E-state index contributed by atoms with van der Waals surface area (Å²) in [5.74, 6) is -0.317. The number of nitrogen functional groups attached to an aromatic ring is 2. The van der Waals surface area contributed by atoms with Crippen LogP contribution in [0.5, 0.6) is 0 Å². The van der Waals surface area contributed by atoms with E-state index in [1.54, 1.807) is 6.26 Å². The number of aromatic nitrogens is 2. The molecule has 6 N–H and O–H groups in total. The maximum absolute atomic E-state index is 13.1. The van der Waals surface area contributed by atoms with Crippen molar-refractivity contribution < 1.29 is 22.7 Å². The number of ether oxygens (including phenoxy) is 1. The molecule has 0 bridgehead atoms. The number of carbonyl (C=O) groups excluding carboxylic acids is 1. The van der Waals surface area contributed by atoms with Crippen LogP contribution in [0, 0.1) is 0 Å². The number of thioether (sulfide) groups is 1. The Labute approximate surface area is 199 Å². The highest BCUT2D eigenvalue weighted by Crippen LogP contribution is 2.31. The number of hydrogen-bond donors (Lipinski definition) is 4. The SMILES string of the molecule is CSc1nc(N)nc(N[C@@H](CCCN2CCOCC2)C(=O)Nc2cccc(C(F)(F)F)c2)c1N. The maximum atomic E-state index is 13.1. The van der Waals surface area contributed by atoms with Crippen LogP contribution in [0.3, 0.4) is 0 Å². The van der Waals surface area contributed by atoms with Gasteiger partial charge in [0.25, 0.3) is 0 Å². The van der Waals surface area contributed by atoms with Gasteiger partial charge >= 0.3 is 6.18 Å². The molecule has 3 rings (SSSR count). The molecule has 2 aromatic rings. The van der Waals surface area contributed by atoms with Crippen LogP contribution < -0.4 is 22.1 Å². The monoisotopic (exact) mass is 499 g/mol. The van der Waals surface area contributed by atoms with Gasteiger partial charge in [-0.3, -0.25) is 9.69 Å². The van der Waals surface area contributed by atoms with Gasteiger partial charge in [0.15, 0.2) is 5.82 Å². The van der Waals surface area contributed by atoms with Gasteiger partial charge in [0.05, 0.1) is 18.8 Å². The Kier molecular flexibility index (Phi) is 8.80. The van der Waals surface area contributed by atoms with E-state index < -0.39 is 23.7 Å². The van der Waals surface area contributed by atoms with Gasteiger partial charge in [-0.25, -0.2) is 4.98 Å². The zero-order valence-corrected chi connectivity index (χ0v) is 19.5. The minimum Gasteiger partial charge on any atom is -0.394 e. The zero-order chi connectivity index (χ0) is 24.7. The first-order valence-corrected chi connectivity index (χ1v) is 11.9. The Morgan fingerprint density at radius 3 is 2.68 bits per heavy atom. The van der Waals surface area contributed by atoms with Crippen LogP contribution in [-0.4, -0.2) is 65.9 Å². The Hall–Kier alpha value is -2.77. The van der Waals surface area contributed by atoms with Gasteiger partial charge in [0.2, 0.25) is 11.9 Å². The number of hydrogen-bond acceptors (Lipinski definition) is 9. The molecule has 1 aliphatic heterocycles. The van der Waals surface area contributed by atoms with Gasteiger partial charge in [0.1, 0.15) is 16.8 Å². The fourth-order valence-corrected chi connectivity index (χ4v) is 4.01. The molecule has 1 atom stereocenters. The van der Waals surface area contributed by atoms with Crippen LogP contribution >= 0.6 is 11.8 Å². The molecular weight excluding hydrogens is 471 g/mol. The van der Waals surface area contributed by atoms with Gasteiger partial charge in [-0.15, -0.1) is 11.8 Å². The molecule has 0 aliphatic carbocycles. The van der Waals surface area contributed by atoms with Crippen molar-refractivity contribution in [3.8, 4) is 0 Å². The Morgan fingerprint density at radius 2 is 2.00 bits per heavy atom. The molecule has 0 radical (unpaired) electrons. The van der Waals surface area contributed by atoms with Gasteiger partial charge < -0.3 is 26.8 Å². The molecule has 1 fully saturated rings. The lowest BCUT2D eigenvalue weighted by Crippen LogP contribution is -2.39. The van der Waals surface area contributed by atoms with E-state index in [0.717, 1.165) is 31.8 Å². The first-order chi connectivity index (χ1) is 16.2. The number of rotatable bonds is 9. The fourth-order valence-electron chi connectivity index (χ4n) is 3.51. The molecule has 1 aliphatic rings. The summed E-state index contributed by atoms with van der Waals surface area (Å²) in [4.78, 5) is 23.5. The summed E-state index contributed by atoms with van der Waals surface area (Å²) in [5, 5.41) is 6.05. The standard InChI is InChI=1S/C21H28F3N7O2S/c1-34-19-16(25)17(29-20(26)30-19)28-15(6-3-7-31-8-10-33-11-9-31)18(32)27-14-5-2-4-13(12-14)21(22,23)24/h2,4-5,12,15H,3,6-11,25H2,1H3,(H,27,32)(H3,26,28,29,30)/t15-/m0/s1. The number of halogens is 3. The number of carbonyl (C=O) groups is 1. The van der Waals surface area contributed by atoms with Crippen molar-refractivity contribution in [3.05, 3.63) is 29.8 Å². The van der Waals surface area contributed by atoms with Crippen LogP contribution in [0.2, 0.25) is 0 Å². The molecule has 186 valence electrons. The highest BCUT2D eigenvalue weighted by Gasteiger charge is 2.31. The summed E-state index contributed by atoms with van der Waals surface area (Å²) < 4.78 is 44.6. The minimum atomic E-state index is -4.52. The van der Waals surface area contributed by atoms with Crippen LogP contribution in [0.25, 0.3) is 0 Å². The molecule has 0 unspecified atom stereocenters. The molecule has 13 heteroatoms. The predicted octanol–water partition coefficient (Wildman–Crippen LogP) is 2.91. The van der Waals surface area contributed by atoms with Crippen molar-refractivity contribution in [1.82, 2.24) is 14.9 Å². The first kappa shape index (κ1) is 25.8. The van der Waals surface area contributed by atoms with E-state index in [-0.39, 0.29) is 23.1 Å². The van der Waals surface area contributed by atoms with Crippen molar-refractivity contribution >= 4 is 40.8 Å². The molecule has 1 amide bonds. The third kappa shape index (κ3) is 7.11. The number of benzene rings is 1. The third-order valence-electron chi connectivity index (χ3n) is 5.28. The largest absolute Gasteiger partial charge is 0.416 e. The van der Waals surface area contributed by atoms with E-state index in [0.29, 0.717) is 31.1 Å². The summed E-state index contributed by atoms with van der Waals surface area (Å²) >= 11 is 1.28. The average Bonchev–Trinajstić information content (AvgIpc) is 2.80. The zero-order valence-electron chi connectivity index (χ0n) is 18.7. The Bertz CT molecular complexity index is 987. The topological polar surface area (TPSA) is 131 Å². The van der Waals surface area contributed by atoms with Crippen LogP contribution in [-0.2, 0) is 15.7 Å². The molecule has 0 saturated carbocycles.